The molecule has 0 aliphatic carbocycles. The molecule has 4 rings (SSSR count). The van der Waals surface area contributed by atoms with Crippen LogP contribution in [-0.4, -0.2) is 40.3 Å². The third-order valence-electron chi connectivity index (χ3n) is 4.56. The van der Waals surface area contributed by atoms with Crippen molar-refractivity contribution in [2.24, 2.45) is 5.73 Å². The highest BCUT2D eigenvalue weighted by Gasteiger charge is 2.04. The maximum absolute atomic E-state index is 9.37. The van der Waals surface area contributed by atoms with Gasteiger partial charge in [0.15, 0.2) is 0 Å². The van der Waals surface area contributed by atoms with Crippen molar-refractivity contribution in [1.29, 1.82) is 0 Å². The van der Waals surface area contributed by atoms with Gasteiger partial charge < -0.3 is 31.2 Å². The zero-order valence-electron chi connectivity index (χ0n) is 15.4. The molecule has 0 radical (unpaired) electrons. The third-order valence-corrected chi connectivity index (χ3v) is 4.56. The Balaban J connectivity index is 0.000000156. The molecular weight excluding hydrogens is 340 g/mol. The summed E-state index contributed by atoms with van der Waals surface area (Å²) in [6.45, 7) is 1.57. The van der Waals surface area contributed by atoms with E-state index in [4.69, 9.17) is 5.73 Å². The number of benzene rings is 2. The number of nitrogens with two attached hydrogens (primary N) is 1. The van der Waals surface area contributed by atoms with E-state index < -0.39 is 0 Å². The van der Waals surface area contributed by atoms with Gasteiger partial charge in [0, 0.05) is 34.2 Å². The Bertz CT molecular complexity index is 1020. The maximum atomic E-state index is 9.37. The standard InChI is InChI=1S/C11H14N2O.C10H12N2O/c1-12-5-4-8-7-13-11-3-2-9(14)6-10(8)11;11-4-3-7-6-12-10-2-1-8(13)5-9(7)10/h2-3,6-7,12-14H,4-5H2,1H3;1-2,5-6,12-13H,3-4,11H2. The number of rotatable bonds is 5. The van der Waals surface area contributed by atoms with E-state index in [1.807, 2.05) is 31.6 Å². The van der Waals surface area contributed by atoms with Gasteiger partial charge in [0.1, 0.15) is 11.5 Å². The van der Waals surface area contributed by atoms with Crippen molar-refractivity contribution in [3.8, 4) is 11.5 Å². The van der Waals surface area contributed by atoms with Crippen LogP contribution in [0.1, 0.15) is 11.1 Å². The Kier molecular flexibility index (Phi) is 6.01. The molecule has 0 aliphatic heterocycles. The van der Waals surface area contributed by atoms with E-state index in [9.17, 15) is 10.2 Å². The Hall–Kier alpha value is -2.96. The number of hydrogen-bond donors (Lipinski definition) is 6. The van der Waals surface area contributed by atoms with Gasteiger partial charge in [-0.1, -0.05) is 0 Å². The monoisotopic (exact) mass is 366 g/mol. The van der Waals surface area contributed by atoms with Gasteiger partial charge in [0.05, 0.1) is 0 Å². The van der Waals surface area contributed by atoms with E-state index in [1.54, 1.807) is 24.3 Å². The predicted molar refractivity (Wildman–Crippen MR) is 110 cm³/mol. The summed E-state index contributed by atoms with van der Waals surface area (Å²) in [5, 5.41) is 23.9. The Morgan fingerprint density at radius 3 is 1.85 bits per heavy atom. The van der Waals surface area contributed by atoms with Gasteiger partial charge in [0.2, 0.25) is 0 Å². The van der Waals surface area contributed by atoms with Crippen LogP contribution in [0, 0.1) is 0 Å². The highest BCUT2D eigenvalue weighted by Crippen LogP contribution is 2.23. The molecule has 6 heteroatoms. The van der Waals surface area contributed by atoms with Gasteiger partial charge in [-0.3, -0.25) is 0 Å². The first-order valence-corrected chi connectivity index (χ1v) is 9.05. The summed E-state index contributed by atoms with van der Waals surface area (Å²) in [7, 11) is 1.94. The molecular formula is C21H26N4O2. The number of phenols is 2. The average molecular weight is 366 g/mol. The normalized spacial score (nSPS) is 10.9. The van der Waals surface area contributed by atoms with Crippen LogP contribution in [0.4, 0.5) is 0 Å². The smallest absolute Gasteiger partial charge is 0.116 e. The van der Waals surface area contributed by atoms with E-state index in [-0.39, 0.29) is 0 Å². The number of phenolic OH excluding ortho intramolecular Hbond substituents is 2. The maximum Gasteiger partial charge on any atom is 0.116 e. The van der Waals surface area contributed by atoms with E-state index >= 15 is 0 Å². The van der Waals surface area contributed by atoms with E-state index in [0.717, 1.165) is 46.8 Å². The van der Waals surface area contributed by atoms with Crippen molar-refractivity contribution in [3.05, 3.63) is 59.9 Å². The number of nitrogens with one attached hydrogen (secondary N) is 3. The van der Waals surface area contributed by atoms with Gasteiger partial charge in [-0.15, -0.1) is 0 Å². The van der Waals surface area contributed by atoms with Gasteiger partial charge >= 0.3 is 0 Å². The fourth-order valence-electron chi connectivity index (χ4n) is 3.16. The zero-order valence-corrected chi connectivity index (χ0v) is 15.4. The van der Waals surface area contributed by atoms with Crippen molar-refractivity contribution < 1.29 is 10.2 Å². The molecule has 2 aromatic heterocycles. The molecule has 2 aromatic carbocycles. The Morgan fingerprint density at radius 2 is 1.37 bits per heavy atom. The number of likely N-dealkylation sites (N-methyl/N-ethyl adjacent to an activating group) is 1. The first-order valence-electron chi connectivity index (χ1n) is 9.05. The SMILES string of the molecule is CNCCc1c[nH]c2ccc(O)cc12.NCCc1c[nH]c2ccc(O)cc12. The van der Waals surface area contributed by atoms with Crippen LogP contribution in [0.25, 0.3) is 21.8 Å². The molecule has 142 valence electrons. The van der Waals surface area contributed by atoms with Crippen LogP contribution in [0.2, 0.25) is 0 Å². The quantitative estimate of drug-likeness (QED) is 0.326. The largest absolute Gasteiger partial charge is 0.508 e. The van der Waals surface area contributed by atoms with Gasteiger partial charge in [-0.2, -0.15) is 0 Å². The van der Waals surface area contributed by atoms with Gasteiger partial charge in [0.25, 0.3) is 0 Å². The molecule has 4 aromatic rings. The third kappa shape index (κ3) is 4.42. The lowest BCUT2D eigenvalue weighted by Crippen LogP contribution is -2.09. The van der Waals surface area contributed by atoms with Crippen molar-refractivity contribution in [2.45, 2.75) is 12.8 Å². The lowest BCUT2D eigenvalue weighted by atomic mass is 10.1. The predicted octanol–water partition coefficient (Wildman–Crippen LogP) is 3.01. The number of fused-ring (bicyclic) bond motifs is 2. The van der Waals surface area contributed by atoms with Gasteiger partial charge in [-0.05, 0) is 80.5 Å². The van der Waals surface area contributed by atoms with Crippen LogP contribution in [0.3, 0.4) is 0 Å². The second kappa shape index (κ2) is 8.62. The number of aromatic hydroxyl groups is 2. The number of aromatic amines is 2. The van der Waals surface area contributed by atoms with Crippen LogP contribution >= 0.6 is 0 Å². The number of hydrogen-bond acceptors (Lipinski definition) is 4. The second-order valence-electron chi connectivity index (χ2n) is 6.48. The minimum absolute atomic E-state index is 0.297. The summed E-state index contributed by atoms with van der Waals surface area (Å²) in [4.78, 5) is 6.32. The molecule has 0 bridgehead atoms. The van der Waals surface area contributed by atoms with Crippen LogP contribution in [0.15, 0.2) is 48.8 Å². The molecule has 0 atom stereocenters. The first kappa shape index (κ1) is 18.8. The fourth-order valence-corrected chi connectivity index (χ4v) is 3.16. The van der Waals surface area contributed by atoms with Crippen LogP contribution in [0.5, 0.6) is 11.5 Å². The molecule has 0 fully saturated rings. The van der Waals surface area contributed by atoms with Crippen molar-refractivity contribution in [2.75, 3.05) is 20.1 Å². The highest BCUT2D eigenvalue weighted by atomic mass is 16.3. The lowest BCUT2D eigenvalue weighted by Gasteiger charge is -1.98. The second-order valence-corrected chi connectivity index (χ2v) is 6.48. The summed E-state index contributed by atoms with van der Waals surface area (Å²) in [5.74, 6) is 0.619. The molecule has 27 heavy (non-hydrogen) atoms. The van der Waals surface area contributed by atoms with Crippen molar-refractivity contribution >= 4 is 21.8 Å². The zero-order chi connectivity index (χ0) is 19.2. The Morgan fingerprint density at radius 1 is 0.852 bits per heavy atom. The molecule has 0 amide bonds. The number of H-pyrrole nitrogens is 2. The summed E-state index contributed by atoms with van der Waals surface area (Å²) >= 11 is 0. The molecule has 7 N–H and O–H groups in total. The molecule has 2 heterocycles. The first-order chi connectivity index (χ1) is 13.1. The minimum atomic E-state index is 0.297. The summed E-state index contributed by atoms with van der Waals surface area (Å²) < 4.78 is 0. The highest BCUT2D eigenvalue weighted by molar-refractivity contribution is 5.85. The fraction of sp³-hybridized carbons (Fsp3) is 0.238. The molecule has 0 spiro atoms. The summed E-state index contributed by atoms with van der Waals surface area (Å²) in [6, 6.07) is 10.7. The van der Waals surface area contributed by atoms with E-state index in [0.29, 0.717) is 18.0 Å². The van der Waals surface area contributed by atoms with E-state index in [2.05, 4.69) is 15.3 Å². The summed E-state index contributed by atoms with van der Waals surface area (Å²) in [5.41, 5.74) is 9.99. The van der Waals surface area contributed by atoms with Crippen LogP contribution < -0.4 is 11.1 Å². The molecule has 0 aliphatic rings. The van der Waals surface area contributed by atoms with Gasteiger partial charge in [-0.25, -0.2) is 0 Å². The lowest BCUT2D eigenvalue weighted by molar-refractivity contribution is 0.475. The Labute approximate surface area is 158 Å². The summed E-state index contributed by atoms with van der Waals surface area (Å²) in [6.07, 6.45) is 5.75. The van der Waals surface area contributed by atoms with Crippen molar-refractivity contribution in [1.82, 2.24) is 15.3 Å². The van der Waals surface area contributed by atoms with Crippen molar-refractivity contribution in [3.63, 3.8) is 0 Å². The molecule has 0 saturated carbocycles. The van der Waals surface area contributed by atoms with E-state index in [1.165, 1.54) is 5.56 Å². The van der Waals surface area contributed by atoms with Crippen LogP contribution in [-0.2, 0) is 12.8 Å². The minimum Gasteiger partial charge on any atom is -0.508 e. The topological polar surface area (TPSA) is 110 Å². The molecule has 6 nitrogen and oxygen atoms in total. The molecule has 0 unspecified atom stereocenters. The number of aromatic nitrogens is 2. The molecule has 0 saturated heterocycles. The average Bonchev–Trinajstić information content (AvgIpc) is 3.24.